The quantitative estimate of drug-likeness (QED) is 0.260. The molecule has 0 atom stereocenters. The van der Waals surface area contributed by atoms with Gasteiger partial charge >= 0.3 is 0 Å². The molecule has 0 rings (SSSR count). The molecular formula is C3H8N2O2. The Morgan fingerprint density at radius 3 is 3.43 bits per heavy atom. The number of hydrazine groups is 1. The number of carbonyl (C=O) groups excluding carboxylic acids is 1. The van der Waals surface area contributed by atoms with Crippen LogP contribution in [-0.2, 0) is 9.53 Å². The first-order valence-electron chi connectivity index (χ1n) is 3.09. The van der Waals surface area contributed by atoms with Gasteiger partial charge < -0.3 is 4.74 Å². The molecule has 0 fully saturated rings. The Morgan fingerprint density at radius 1 is 2.29 bits per heavy atom. The molecule has 0 saturated heterocycles. The van der Waals surface area contributed by atoms with E-state index in [1.54, 1.807) is 5.43 Å². The molecule has 3 N–H and O–H groups in total. The van der Waals surface area contributed by atoms with Gasteiger partial charge in [0.1, 0.15) is 6.61 Å². The van der Waals surface area contributed by atoms with Crippen molar-refractivity contribution in [3.8, 4) is 0 Å². The largest absolute Gasteiger partial charge is 0.375 e. The summed E-state index contributed by atoms with van der Waals surface area (Å²) in [5.74, 6) is 3.97. The summed E-state index contributed by atoms with van der Waals surface area (Å²) >= 11 is 0. The summed E-state index contributed by atoms with van der Waals surface area (Å²) in [7, 11) is -2.54. The highest BCUT2D eigenvalue weighted by atomic mass is 16.5. The number of amides is 1. The molecule has 0 heterocycles. The molecule has 4 heteroatoms. The monoisotopic (exact) mass is 107 g/mol. The van der Waals surface area contributed by atoms with E-state index in [1.165, 1.54) is 0 Å². The van der Waals surface area contributed by atoms with Crippen molar-refractivity contribution in [2.45, 2.75) is 0 Å². The summed E-state index contributed by atoms with van der Waals surface area (Å²) in [6, 6.07) is 0. The molecule has 1 amide bonds. The normalized spacial score (nSPS) is 16.4. The number of nitrogens with two attached hydrogens (primary N) is 1. The molecule has 0 aromatic rings. The smallest absolute Gasteiger partial charge is 0.259 e. The lowest BCUT2D eigenvalue weighted by molar-refractivity contribution is -0.124. The molecular weight excluding hydrogens is 96.0 g/mol. The lowest BCUT2D eigenvalue weighted by Gasteiger charge is -1.92. The van der Waals surface area contributed by atoms with E-state index in [1.807, 2.05) is 0 Å². The molecule has 0 saturated carbocycles. The van der Waals surface area contributed by atoms with Gasteiger partial charge in [0.2, 0.25) is 0 Å². The Morgan fingerprint density at radius 2 is 3.00 bits per heavy atom. The number of rotatable bonds is 2. The minimum absolute atomic E-state index is 0.549. The van der Waals surface area contributed by atoms with E-state index in [9.17, 15) is 4.79 Å². The fourth-order valence-corrected chi connectivity index (χ4v) is 0.107. The van der Waals surface area contributed by atoms with Gasteiger partial charge in [-0.05, 0) is 0 Å². The van der Waals surface area contributed by atoms with E-state index < -0.39 is 19.6 Å². The molecule has 4 nitrogen and oxygen atoms in total. The summed E-state index contributed by atoms with van der Waals surface area (Å²) in [6.07, 6.45) is 0. The second-order valence-corrected chi connectivity index (χ2v) is 0.856. The Hall–Kier alpha value is -0.610. The lowest BCUT2D eigenvalue weighted by Crippen LogP contribution is -2.32. The number of methoxy groups -OCH3 is 1. The van der Waals surface area contributed by atoms with E-state index >= 15 is 0 Å². The van der Waals surface area contributed by atoms with Crippen LogP contribution in [0.1, 0.15) is 4.11 Å². The lowest BCUT2D eigenvalue weighted by atomic mass is 10.7. The minimum Gasteiger partial charge on any atom is -0.375 e. The van der Waals surface area contributed by atoms with E-state index in [0.29, 0.717) is 0 Å². The fourth-order valence-electron chi connectivity index (χ4n) is 0.107. The molecule has 0 aliphatic heterocycles. The van der Waals surface area contributed by atoms with E-state index in [0.717, 1.165) is 0 Å². The number of carbonyl (C=O) groups is 1. The highest BCUT2D eigenvalue weighted by Crippen LogP contribution is 1.61. The van der Waals surface area contributed by atoms with Gasteiger partial charge in [-0.2, -0.15) is 0 Å². The van der Waals surface area contributed by atoms with Crippen molar-refractivity contribution in [2.75, 3.05) is 13.6 Å². The van der Waals surface area contributed by atoms with Crippen molar-refractivity contribution in [1.29, 1.82) is 0 Å². The van der Waals surface area contributed by atoms with Gasteiger partial charge in [-0.25, -0.2) is 5.84 Å². The Bertz CT molecular complexity index is 123. The highest BCUT2D eigenvalue weighted by molar-refractivity contribution is 5.76. The molecule has 0 spiro atoms. The predicted molar refractivity (Wildman–Crippen MR) is 24.2 cm³/mol. The third-order valence-corrected chi connectivity index (χ3v) is 0.364. The van der Waals surface area contributed by atoms with Gasteiger partial charge in [0.05, 0.1) is 4.11 Å². The summed E-state index contributed by atoms with van der Waals surface area (Å²) in [6.45, 7) is -0.549. The second kappa shape index (κ2) is 3.58. The Balaban J connectivity index is 3.46. The molecule has 0 aromatic heterocycles. The van der Waals surface area contributed by atoms with E-state index in [2.05, 4.69) is 10.6 Å². The Kier molecular flexibility index (Phi) is 1.35. The second-order valence-electron chi connectivity index (χ2n) is 0.856. The molecule has 42 valence electrons. The summed E-state index contributed by atoms with van der Waals surface area (Å²) in [4.78, 5) is 10.2. The maximum Gasteiger partial charge on any atom is 0.259 e. The maximum absolute atomic E-state index is 10.2. The van der Waals surface area contributed by atoms with Crippen LogP contribution in [-0.4, -0.2) is 19.6 Å². The molecule has 0 radical (unpaired) electrons. The molecule has 0 aliphatic carbocycles. The van der Waals surface area contributed by atoms with Gasteiger partial charge in [0, 0.05) is 7.04 Å². The van der Waals surface area contributed by atoms with Crippen molar-refractivity contribution >= 4 is 5.91 Å². The van der Waals surface area contributed by atoms with Gasteiger partial charge in [0.15, 0.2) is 0 Å². The third kappa shape index (κ3) is 3.21. The van der Waals surface area contributed by atoms with Crippen LogP contribution in [0.4, 0.5) is 0 Å². The molecule has 0 unspecified atom stereocenters. The van der Waals surface area contributed by atoms with Crippen LogP contribution < -0.4 is 11.3 Å². The summed E-state index contributed by atoms with van der Waals surface area (Å²) in [5.41, 5.74) is 1.72. The molecule has 0 aromatic carbocycles. The van der Waals surface area contributed by atoms with Crippen molar-refractivity contribution in [2.24, 2.45) is 5.84 Å². The van der Waals surface area contributed by atoms with Crippen LogP contribution in [0.5, 0.6) is 0 Å². The average molecular weight is 107 g/mol. The first kappa shape index (κ1) is 2.64. The summed E-state index contributed by atoms with van der Waals surface area (Å²) < 4.78 is 23.6. The zero-order valence-corrected chi connectivity index (χ0v) is 3.60. The van der Waals surface area contributed by atoms with Crippen molar-refractivity contribution in [1.82, 2.24) is 5.43 Å². The molecule has 0 bridgehead atoms. The van der Waals surface area contributed by atoms with Crippen LogP contribution in [0.2, 0.25) is 0 Å². The van der Waals surface area contributed by atoms with Crippen LogP contribution in [0.3, 0.4) is 0 Å². The number of hydrogen-bond donors (Lipinski definition) is 2. The topological polar surface area (TPSA) is 64.3 Å². The van der Waals surface area contributed by atoms with Gasteiger partial charge in [-0.15, -0.1) is 0 Å². The Labute approximate surface area is 45.8 Å². The number of nitrogens with one attached hydrogen (secondary N) is 1. The first-order chi connectivity index (χ1) is 4.45. The predicted octanol–water partition coefficient (Wildman–Crippen LogP) is -1.38. The number of hydrogen-bond acceptors (Lipinski definition) is 3. The fraction of sp³-hybridized carbons (Fsp3) is 0.667. The minimum atomic E-state index is -2.54. The average Bonchev–Trinajstić information content (AvgIpc) is 1.81. The van der Waals surface area contributed by atoms with Crippen LogP contribution in [0, 0.1) is 0 Å². The maximum atomic E-state index is 10.2. The van der Waals surface area contributed by atoms with Crippen LogP contribution in [0.15, 0.2) is 0 Å². The first-order valence-corrected chi connectivity index (χ1v) is 1.59. The van der Waals surface area contributed by atoms with Crippen molar-refractivity contribution < 1.29 is 13.6 Å². The molecule has 7 heavy (non-hydrogen) atoms. The standard InChI is InChI=1S/C3H8N2O2/c1-7-2-3(6)5-4/h2,4H2,1H3,(H,5,6)/i1D3. The van der Waals surface area contributed by atoms with Crippen LogP contribution >= 0.6 is 0 Å². The van der Waals surface area contributed by atoms with Gasteiger partial charge in [0.25, 0.3) is 5.91 Å². The highest BCUT2D eigenvalue weighted by Gasteiger charge is 1.90. The SMILES string of the molecule is [2H]C([2H])([2H])OCC(=O)NN. The van der Waals surface area contributed by atoms with Crippen LogP contribution in [0.25, 0.3) is 0 Å². The van der Waals surface area contributed by atoms with Gasteiger partial charge in [-0.3, -0.25) is 10.2 Å². The molecule has 0 aliphatic rings. The van der Waals surface area contributed by atoms with Crippen molar-refractivity contribution in [3.05, 3.63) is 0 Å². The van der Waals surface area contributed by atoms with Gasteiger partial charge in [-0.1, -0.05) is 0 Å². The van der Waals surface area contributed by atoms with E-state index in [4.69, 9.17) is 4.11 Å². The third-order valence-electron chi connectivity index (χ3n) is 0.364. The zero-order valence-electron chi connectivity index (χ0n) is 6.60. The van der Waals surface area contributed by atoms with Crippen molar-refractivity contribution in [3.63, 3.8) is 0 Å². The van der Waals surface area contributed by atoms with E-state index in [-0.39, 0.29) is 0 Å². The summed E-state index contributed by atoms with van der Waals surface area (Å²) in [5, 5.41) is 0. The zero-order chi connectivity index (χ0) is 8.20. The number of ether oxygens (including phenoxy) is 1.